The van der Waals surface area contributed by atoms with Gasteiger partial charge in [0.05, 0.1) is 35.3 Å². The Labute approximate surface area is 216 Å². The molecule has 6 rings (SSSR count). The monoisotopic (exact) mass is 515 g/mol. The van der Waals surface area contributed by atoms with E-state index in [2.05, 4.69) is 15.0 Å². The van der Waals surface area contributed by atoms with E-state index in [-0.39, 0.29) is 12.3 Å². The van der Waals surface area contributed by atoms with Crippen molar-refractivity contribution in [2.45, 2.75) is 39.0 Å². The van der Waals surface area contributed by atoms with Crippen molar-refractivity contribution in [2.75, 3.05) is 0 Å². The van der Waals surface area contributed by atoms with Gasteiger partial charge in [-0.3, -0.25) is 4.98 Å². The van der Waals surface area contributed by atoms with Crippen molar-refractivity contribution in [3.8, 4) is 28.4 Å². The lowest BCUT2D eigenvalue weighted by Gasteiger charge is -2.17. The zero-order valence-electron chi connectivity index (χ0n) is 20.6. The maximum atomic E-state index is 13.3. The molecule has 0 bridgehead atoms. The van der Waals surface area contributed by atoms with Gasteiger partial charge < -0.3 is 19.1 Å². The topological polar surface area (TPSA) is 95.2 Å². The van der Waals surface area contributed by atoms with E-state index in [1.54, 1.807) is 56.7 Å². The van der Waals surface area contributed by atoms with Gasteiger partial charge in [-0.1, -0.05) is 12.1 Å². The molecular weight excluding hydrogens is 492 g/mol. The molecule has 0 saturated carbocycles. The summed E-state index contributed by atoms with van der Waals surface area (Å²) < 4.78 is 39.6. The summed E-state index contributed by atoms with van der Waals surface area (Å²) in [5, 5.41) is 10.2. The van der Waals surface area contributed by atoms with Crippen molar-refractivity contribution in [3.63, 3.8) is 0 Å². The lowest BCUT2D eigenvalue weighted by Crippen LogP contribution is -2.19. The van der Waals surface area contributed by atoms with Gasteiger partial charge in [0.15, 0.2) is 5.82 Å². The van der Waals surface area contributed by atoms with E-state index in [0.29, 0.717) is 40.8 Å². The highest BCUT2D eigenvalue weighted by Crippen LogP contribution is 2.38. The summed E-state index contributed by atoms with van der Waals surface area (Å²) in [5.41, 5.74) is 3.12. The first kappa shape index (κ1) is 23.9. The number of imidazole rings is 1. The third-order valence-electron chi connectivity index (χ3n) is 6.38. The first-order chi connectivity index (χ1) is 18.3. The minimum absolute atomic E-state index is 0.0319. The Kier molecular flexibility index (Phi) is 5.76. The molecule has 192 valence electrons. The third kappa shape index (κ3) is 4.43. The van der Waals surface area contributed by atoms with Crippen LogP contribution in [0.1, 0.15) is 36.8 Å². The van der Waals surface area contributed by atoms with E-state index in [4.69, 9.17) is 14.5 Å². The van der Waals surface area contributed by atoms with Crippen LogP contribution < -0.4 is 9.47 Å². The Morgan fingerprint density at radius 1 is 1.00 bits per heavy atom. The highest BCUT2D eigenvalue weighted by molar-refractivity contribution is 5.82. The molecule has 0 fully saturated rings. The normalized spacial score (nSPS) is 13.1. The van der Waals surface area contributed by atoms with E-state index < -0.39 is 12.2 Å². The predicted molar refractivity (Wildman–Crippen MR) is 135 cm³/mol. The van der Waals surface area contributed by atoms with Crippen LogP contribution in [0, 0.1) is 0 Å². The molecule has 4 heterocycles. The molecule has 3 aromatic heterocycles. The Morgan fingerprint density at radius 3 is 2.55 bits per heavy atom. The average Bonchev–Trinajstić information content (AvgIpc) is 3.24. The number of halogens is 2. The summed E-state index contributed by atoms with van der Waals surface area (Å²) in [6.45, 7) is 0.457. The van der Waals surface area contributed by atoms with E-state index in [0.717, 1.165) is 22.2 Å². The largest absolute Gasteiger partial charge is 0.455 e. The molecule has 1 aliphatic heterocycles. The van der Waals surface area contributed by atoms with Crippen molar-refractivity contribution in [2.24, 2.45) is 0 Å². The molecule has 10 heteroatoms. The summed E-state index contributed by atoms with van der Waals surface area (Å²) in [6, 6.07) is 14.2. The maximum Gasteiger partial charge on any atom is 0.387 e. The molecule has 2 aromatic carbocycles. The van der Waals surface area contributed by atoms with Crippen molar-refractivity contribution in [1.82, 2.24) is 24.5 Å². The quantitative estimate of drug-likeness (QED) is 0.333. The number of aromatic nitrogens is 5. The Morgan fingerprint density at radius 2 is 1.79 bits per heavy atom. The number of alkyl halides is 2. The molecule has 1 aliphatic rings. The number of hydrogen-bond donors (Lipinski definition) is 1. The number of hydrogen-bond acceptors (Lipinski definition) is 7. The molecule has 38 heavy (non-hydrogen) atoms. The molecule has 0 spiro atoms. The van der Waals surface area contributed by atoms with Crippen LogP contribution in [0.5, 0.6) is 17.2 Å². The first-order valence-corrected chi connectivity index (χ1v) is 12.0. The molecule has 0 amide bonds. The molecule has 0 aliphatic carbocycles. The second-order valence-electron chi connectivity index (χ2n) is 9.51. The lowest BCUT2D eigenvalue weighted by atomic mass is 10.1. The van der Waals surface area contributed by atoms with E-state index >= 15 is 0 Å². The SMILES string of the molecule is CC(C)(O)c1ncc(-c2ccc3nc4n(c3c2)Cc2c(cccc2OC(F)F)Oc2cccnc2C4)cn1. The Hall–Kier alpha value is -4.44. The van der Waals surface area contributed by atoms with Crippen LogP contribution in [0.15, 0.2) is 67.1 Å². The average molecular weight is 516 g/mol. The van der Waals surface area contributed by atoms with Crippen LogP contribution in [0.3, 0.4) is 0 Å². The summed E-state index contributed by atoms with van der Waals surface area (Å²) in [7, 11) is 0. The lowest BCUT2D eigenvalue weighted by molar-refractivity contribution is -0.0505. The van der Waals surface area contributed by atoms with Gasteiger partial charge in [0.1, 0.15) is 28.7 Å². The van der Waals surface area contributed by atoms with Gasteiger partial charge in [-0.2, -0.15) is 8.78 Å². The zero-order chi connectivity index (χ0) is 26.4. The molecular formula is C28H23F2N5O3. The fraction of sp³-hybridized carbons (Fsp3) is 0.214. The van der Waals surface area contributed by atoms with Crippen molar-refractivity contribution in [3.05, 3.63) is 90.0 Å². The number of pyridine rings is 1. The number of nitrogens with zero attached hydrogens (tertiary/aromatic N) is 5. The minimum atomic E-state index is -2.99. The van der Waals surface area contributed by atoms with E-state index in [9.17, 15) is 13.9 Å². The van der Waals surface area contributed by atoms with Crippen molar-refractivity contribution < 1.29 is 23.4 Å². The molecule has 0 unspecified atom stereocenters. The van der Waals surface area contributed by atoms with Crippen LogP contribution >= 0.6 is 0 Å². The van der Waals surface area contributed by atoms with Gasteiger partial charge >= 0.3 is 6.61 Å². The maximum absolute atomic E-state index is 13.3. The minimum Gasteiger partial charge on any atom is -0.455 e. The Balaban J connectivity index is 1.52. The number of aliphatic hydroxyl groups is 1. The van der Waals surface area contributed by atoms with Gasteiger partial charge in [0.2, 0.25) is 0 Å². The highest BCUT2D eigenvalue weighted by atomic mass is 19.3. The number of benzene rings is 2. The second-order valence-corrected chi connectivity index (χ2v) is 9.51. The smallest absolute Gasteiger partial charge is 0.387 e. The molecule has 0 radical (unpaired) electrons. The molecule has 0 saturated heterocycles. The van der Waals surface area contributed by atoms with Gasteiger partial charge in [0.25, 0.3) is 0 Å². The van der Waals surface area contributed by atoms with Gasteiger partial charge in [0, 0.05) is 24.2 Å². The Bertz CT molecular complexity index is 1650. The second kappa shape index (κ2) is 9.14. The van der Waals surface area contributed by atoms with Gasteiger partial charge in [-0.25, -0.2) is 15.0 Å². The fourth-order valence-corrected chi connectivity index (χ4v) is 4.54. The summed E-state index contributed by atoms with van der Waals surface area (Å²) in [5.74, 6) is 1.98. The van der Waals surface area contributed by atoms with Crippen LogP contribution in [0.2, 0.25) is 0 Å². The van der Waals surface area contributed by atoms with Crippen LogP contribution in [-0.4, -0.2) is 36.2 Å². The van der Waals surface area contributed by atoms with Crippen LogP contribution in [-0.2, 0) is 18.6 Å². The van der Waals surface area contributed by atoms with Crippen molar-refractivity contribution in [1.29, 1.82) is 0 Å². The first-order valence-electron chi connectivity index (χ1n) is 12.0. The highest BCUT2D eigenvalue weighted by Gasteiger charge is 2.24. The van der Waals surface area contributed by atoms with Gasteiger partial charge in [-0.15, -0.1) is 0 Å². The van der Waals surface area contributed by atoms with E-state index in [1.807, 2.05) is 22.8 Å². The van der Waals surface area contributed by atoms with Crippen LogP contribution in [0.25, 0.3) is 22.2 Å². The summed E-state index contributed by atoms with van der Waals surface area (Å²) in [4.78, 5) is 18.0. The molecule has 5 aromatic rings. The van der Waals surface area contributed by atoms with Crippen molar-refractivity contribution >= 4 is 11.0 Å². The number of fused-ring (bicyclic) bond motifs is 5. The van der Waals surface area contributed by atoms with Gasteiger partial charge in [-0.05, 0) is 55.8 Å². The number of ether oxygens (including phenoxy) is 2. The summed E-state index contributed by atoms with van der Waals surface area (Å²) in [6.07, 6.45) is 5.38. The summed E-state index contributed by atoms with van der Waals surface area (Å²) >= 11 is 0. The third-order valence-corrected chi connectivity index (χ3v) is 6.38. The molecule has 0 atom stereocenters. The standard InChI is InChI=1S/C28H23F2N5O3/c1-28(2,36)26-32-13-17(14-33-26)16-8-9-19-21(11-16)35-15-18-22(5-3-6-23(18)38-27(29)30)37-24-7-4-10-31-20(24)12-25(35)34-19/h3-11,13-14,27,36H,12,15H2,1-2H3. The van der Waals surface area contributed by atoms with Crippen LogP contribution in [0.4, 0.5) is 8.78 Å². The van der Waals surface area contributed by atoms with E-state index in [1.165, 1.54) is 6.07 Å². The zero-order valence-corrected chi connectivity index (χ0v) is 20.6. The fourth-order valence-electron chi connectivity index (χ4n) is 4.54. The predicted octanol–water partition coefficient (Wildman–Crippen LogP) is 5.46. The molecule has 1 N–H and O–H groups in total. The molecule has 8 nitrogen and oxygen atoms in total. The number of rotatable bonds is 4.